The second-order valence-electron chi connectivity index (χ2n) is 2.87. The highest BCUT2D eigenvalue weighted by molar-refractivity contribution is 7.80. The zero-order valence-corrected chi connectivity index (χ0v) is 9.22. The van der Waals surface area contributed by atoms with Crippen LogP contribution in [0.5, 0.6) is 0 Å². The van der Waals surface area contributed by atoms with Crippen molar-refractivity contribution in [3.8, 4) is 0 Å². The number of primary amides is 1. The third-order valence-electron chi connectivity index (χ3n) is 1.93. The smallest absolute Gasteiger partial charge is 0.404 e. The van der Waals surface area contributed by atoms with Crippen molar-refractivity contribution in [2.24, 2.45) is 5.73 Å². The van der Waals surface area contributed by atoms with Gasteiger partial charge in [0.1, 0.15) is 6.10 Å². The SMILES string of the molecule is CC.NC(=O)OC1CCC(S)CC1.[HH]. The lowest BCUT2D eigenvalue weighted by Gasteiger charge is -2.24. The van der Waals surface area contributed by atoms with E-state index in [0.29, 0.717) is 5.25 Å². The van der Waals surface area contributed by atoms with Crippen LogP contribution in [0.25, 0.3) is 0 Å². The number of hydrogen-bond donors (Lipinski definition) is 2. The Kier molecular flexibility index (Phi) is 6.86. The van der Waals surface area contributed by atoms with Crippen molar-refractivity contribution in [3.63, 3.8) is 0 Å². The monoisotopic (exact) mass is 207 g/mol. The summed E-state index contributed by atoms with van der Waals surface area (Å²) in [5.74, 6) is 0. The van der Waals surface area contributed by atoms with Crippen molar-refractivity contribution in [2.45, 2.75) is 50.9 Å². The predicted molar refractivity (Wildman–Crippen MR) is 59.2 cm³/mol. The molecule has 3 nitrogen and oxygen atoms in total. The fraction of sp³-hybridized carbons (Fsp3) is 0.889. The number of hydrogen-bond acceptors (Lipinski definition) is 3. The van der Waals surface area contributed by atoms with Crippen molar-refractivity contribution in [2.75, 3.05) is 0 Å². The molecule has 1 rings (SSSR count). The molecular weight excluding hydrogens is 186 g/mol. The van der Waals surface area contributed by atoms with Crippen molar-refractivity contribution in [1.82, 2.24) is 0 Å². The molecule has 0 radical (unpaired) electrons. The molecule has 0 aliphatic heterocycles. The highest BCUT2D eigenvalue weighted by Crippen LogP contribution is 2.24. The Morgan fingerprint density at radius 2 is 1.85 bits per heavy atom. The van der Waals surface area contributed by atoms with Gasteiger partial charge >= 0.3 is 6.09 Å². The summed E-state index contributed by atoms with van der Waals surface area (Å²) in [5.41, 5.74) is 4.88. The van der Waals surface area contributed by atoms with E-state index in [-0.39, 0.29) is 7.53 Å². The number of amides is 1. The second kappa shape index (κ2) is 7.06. The van der Waals surface area contributed by atoms with E-state index in [1.807, 2.05) is 13.8 Å². The van der Waals surface area contributed by atoms with Gasteiger partial charge in [-0.05, 0) is 25.7 Å². The Labute approximate surface area is 86.9 Å². The Bertz CT molecular complexity index is 150. The summed E-state index contributed by atoms with van der Waals surface area (Å²) in [7, 11) is 0. The molecule has 80 valence electrons. The van der Waals surface area contributed by atoms with Crippen LogP contribution in [0.2, 0.25) is 0 Å². The number of rotatable bonds is 1. The van der Waals surface area contributed by atoms with Gasteiger partial charge in [-0.1, -0.05) is 13.8 Å². The van der Waals surface area contributed by atoms with Gasteiger partial charge in [-0.3, -0.25) is 0 Å². The van der Waals surface area contributed by atoms with Crippen LogP contribution in [0.3, 0.4) is 0 Å². The van der Waals surface area contributed by atoms with Gasteiger partial charge in [-0.25, -0.2) is 4.79 Å². The van der Waals surface area contributed by atoms with Gasteiger partial charge in [0.2, 0.25) is 0 Å². The van der Waals surface area contributed by atoms with Crippen LogP contribution in [0.4, 0.5) is 4.79 Å². The van der Waals surface area contributed by atoms with E-state index in [4.69, 9.17) is 10.5 Å². The van der Waals surface area contributed by atoms with E-state index < -0.39 is 6.09 Å². The molecule has 4 heteroatoms. The molecule has 0 bridgehead atoms. The first-order chi connectivity index (χ1) is 6.18. The minimum atomic E-state index is -0.660. The highest BCUT2D eigenvalue weighted by atomic mass is 32.1. The lowest BCUT2D eigenvalue weighted by atomic mass is 9.97. The van der Waals surface area contributed by atoms with Crippen LogP contribution in [0.15, 0.2) is 0 Å². The first kappa shape index (κ1) is 12.6. The fourth-order valence-corrected chi connectivity index (χ4v) is 1.63. The fourth-order valence-electron chi connectivity index (χ4n) is 1.33. The van der Waals surface area contributed by atoms with E-state index in [9.17, 15) is 4.79 Å². The van der Waals surface area contributed by atoms with E-state index in [2.05, 4.69) is 12.6 Å². The average molecular weight is 207 g/mol. The molecule has 1 saturated carbocycles. The summed E-state index contributed by atoms with van der Waals surface area (Å²) in [6.07, 6.45) is 3.21. The molecule has 0 spiro atoms. The third kappa shape index (κ3) is 5.80. The second-order valence-corrected chi connectivity index (χ2v) is 3.60. The minimum absolute atomic E-state index is 0. The van der Waals surface area contributed by atoms with Crippen LogP contribution >= 0.6 is 12.6 Å². The first-order valence-corrected chi connectivity index (χ1v) is 5.34. The number of carbonyl (C=O) groups is 1. The molecule has 0 aromatic carbocycles. The number of carbonyl (C=O) groups excluding carboxylic acids is 1. The third-order valence-corrected chi connectivity index (χ3v) is 2.44. The number of thiol groups is 1. The maximum absolute atomic E-state index is 10.3. The maximum atomic E-state index is 10.3. The van der Waals surface area contributed by atoms with E-state index in [1.165, 1.54) is 0 Å². The summed E-state index contributed by atoms with van der Waals surface area (Å²) in [4.78, 5) is 10.3. The lowest BCUT2D eigenvalue weighted by molar-refractivity contribution is 0.0840. The van der Waals surface area contributed by atoms with Crippen molar-refractivity contribution in [1.29, 1.82) is 0 Å². The summed E-state index contributed by atoms with van der Waals surface area (Å²) in [6.45, 7) is 4.00. The van der Waals surface area contributed by atoms with Gasteiger partial charge in [0.05, 0.1) is 0 Å². The maximum Gasteiger partial charge on any atom is 0.404 e. The molecule has 0 saturated heterocycles. The predicted octanol–water partition coefficient (Wildman–Crippen LogP) is 2.59. The standard InChI is InChI=1S/C7H13NO2S.C2H6.H2/c8-7(9)10-5-1-3-6(11)4-2-5;1-2;/h5-6,11H,1-4H2,(H2,8,9);1-2H3;1H. The average Bonchev–Trinajstić information content (AvgIpc) is 2.12. The largest absolute Gasteiger partial charge is 0.446 e. The van der Waals surface area contributed by atoms with Crippen molar-refractivity contribution < 1.29 is 11.0 Å². The summed E-state index contributed by atoms with van der Waals surface area (Å²) >= 11 is 4.32. The van der Waals surface area contributed by atoms with Crippen LogP contribution in [-0.2, 0) is 4.74 Å². The van der Waals surface area contributed by atoms with Gasteiger partial charge in [-0.15, -0.1) is 0 Å². The Morgan fingerprint density at radius 3 is 2.23 bits per heavy atom. The number of nitrogens with two attached hydrogens (primary N) is 1. The summed E-state index contributed by atoms with van der Waals surface area (Å²) in [5, 5.41) is 0.475. The van der Waals surface area contributed by atoms with Crippen molar-refractivity contribution in [3.05, 3.63) is 0 Å². The molecule has 1 fully saturated rings. The van der Waals surface area contributed by atoms with Gasteiger partial charge in [0.15, 0.2) is 0 Å². The number of ether oxygens (including phenoxy) is 1. The van der Waals surface area contributed by atoms with Crippen LogP contribution in [-0.4, -0.2) is 17.4 Å². The van der Waals surface area contributed by atoms with E-state index in [1.54, 1.807) is 0 Å². The molecular formula is C9H21NO2S. The molecule has 0 unspecified atom stereocenters. The zero-order chi connectivity index (χ0) is 10.3. The summed E-state index contributed by atoms with van der Waals surface area (Å²) < 4.78 is 4.84. The molecule has 2 N–H and O–H groups in total. The van der Waals surface area contributed by atoms with Crippen molar-refractivity contribution >= 4 is 18.7 Å². The molecule has 0 aromatic rings. The molecule has 1 aliphatic carbocycles. The molecule has 1 amide bonds. The first-order valence-electron chi connectivity index (χ1n) is 4.82. The van der Waals surface area contributed by atoms with Crippen LogP contribution in [0.1, 0.15) is 41.0 Å². The van der Waals surface area contributed by atoms with Gasteiger partial charge in [0.25, 0.3) is 0 Å². The minimum Gasteiger partial charge on any atom is -0.446 e. The van der Waals surface area contributed by atoms with Crippen LogP contribution in [0, 0.1) is 0 Å². The van der Waals surface area contributed by atoms with Gasteiger partial charge in [-0.2, -0.15) is 12.6 Å². The molecule has 0 heterocycles. The van der Waals surface area contributed by atoms with Gasteiger partial charge in [0, 0.05) is 6.68 Å². The summed E-state index contributed by atoms with van der Waals surface area (Å²) in [6, 6.07) is 0. The molecule has 0 aromatic heterocycles. The molecule has 0 atom stereocenters. The Balaban J connectivity index is 0. The van der Waals surface area contributed by atoms with Gasteiger partial charge < -0.3 is 10.5 Å². The van der Waals surface area contributed by atoms with Crippen LogP contribution < -0.4 is 5.73 Å². The quantitative estimate of drug-likeness (QED) is 0.649. The van der Waals surface area contributed by atoms with E-state index in [0.717, 1.165) is 25.7 Å². The highest BCUT2D eigenvalue weighted by Gasteiger charge is 2.20. The normalized spacial score (nSPS) is 27.0. The zero-order valence-electron chi connectivity index (χ0n) is 8.32. The van der Waals surface area contributed by atoms with E-state index >= 15 is 0 Å². The Morgan fingerprint density at radius 1 is 1.38 bits per heavy atom. The lowest BCUT2D eigenvalue weighted by Crippen LogP contribution is -2.27. The Hall–Kier alpha value is -0.380. The molecule has 1 aliphatic rings. The topological polar surface area (TPSA) is 52.3 Å². The molecule has 13 heavy (non-hydrogen) atoms.